The molecule has 1 aromatic carbocycles. The van der Waals surface area contributed by atoms with E-state index in [2.05, 4.69) is 34.5 Å². The van der Waals surface area contributed by atoms with Gasteiger partial charge < -0.3 is 11.1 Å². The lowest BCUT2D eigenvalue weighted by molar-refractivity contribution is 0.168. The van der Waals surface area contributed by atoms with Gasteiger partial charge >= 0.3 is 0 Å². The fourth-order valence-corrected chi connectivity index (χ4v) is 3.20. The van der Waals surface area contributed by atoms with Crippen molar-refractivity contribution in [1.82, 2.24) is 10.2 Å². The zero-order valence-electron chi connectivity index (χ0n) is 10.2. The van der Waals surface area contributed by atoms with Gasteiger partial charge in [-0.25, -0.2) is 0 Å². The molecule has 0 aliphatic carbocycles. The van der Waals surface area contributed by atoms with Crippen molar-refractivity contribution in [2.24, 2.45) is 5.73 Å². The predicted octanol–water partition coefficient (Wildman–Crippen LogP) is 1.08. The lowest BCUT2D eigenvalue weighted by Gasteiger charge is -2.31. The number of benzene rings is 1. The standard InChI is InChI=1S/C14H21N3/c15-8-14(13-6-3-7-16-13)17-9-11-4-1-2-5-12(11)10-17/h1-2,4-5,13-14,16H,3,6-10,15H2. The smallest absolute Gasteiger partial charge is 0.0378 e. The molecule has 0 radical (unpaired) electrons. The van der Waals surface area contributed by atoms with Gasteiger partial charge in [-0.15, -0.1) is 0 Å². The molecule has 92 valence electrons. The van der Waals surface area contributed by atoms with E-state index in [4.69, 9.17) is 5.73 Å². The highest BCUT2D eigenvalue weighted by Crippen LogP contribution is 2.26. The minimum Gasteiger partial charge on any atom is -0.329 e. The molecule has 3 N–H and O–H groups in total. The molecule has 0 aromatic heterocycles. The fourth-order valence-electron chi connectivity index (χ4n) is 3.20. The van der Waals surface area contributed by atoms with E-state index in [0.717, 1.165) is 26.2 Å². The van der Waals surface area contributed by atoms with Crippen LogP contribution in [0, 0.1) is 0 Å². The third-order valence-corrected chi connectivity index (χ3v) is 4.14. The largest absolute Gasteiger partial charge is 0.329 e. The summed E-state index contributed by atoms with van der Waals surface area (Å²) in [4.78, 5) is 2.54. The molecular weight excluding hydrogens is 210 g/mol. The van der Waals surface area contributed by atoms with Crippen LogP contribution in [-0.2, 0) is 13.1 Å². The normalized spacial score (nSPS) is 26.1. The van der Waals surface area contributed by atoms with Gasteiger partial charge in [-0.3, -0.25) is 4.90 Å². The third kappa shape index (κ3) is 2.10. The minimum absolute atomic E-state index is 0.491. The first kappa shape index (κ1) is 11.2. The van der Waals surface area contributed by atoms with E-state index < -0.39 is 0 Å². The van der Waals surface area contributed by atoms with Gasteiger partial charge in [0.05, 0.1) is 0 Å². The number of nitrogens with one attached hydrogen (secondary N) is 1. The second-order valence-electron chi connectivity index (χ2n) is 5.18. The van der Waals surface area contributed by atoms with Crippen LogP contribution in [0.5, 0.6) is 0 Å². The number of nitrogens with zero attached hydrogens (tertiary/aromatic N) is 1. The average molecular weight is 231 g/mol. The van der Waals surface area contributed by atoms with Crippen molar-refractivity contribution in [3.8, 4) is 0 Å². The summed E-state index contributed by atoms with van der Waals surface area (Å²) in [5.41, 5.74) is 8.94. The van der Waals surface area contributed by atoms with Crippen LogP contribution in [0.15, 0.2) is 24.3 Å². The zero-order chi connectivity index (χ0) is 11.7. The summed E-state index contributed by atoms with van der Waals surface area (Å²) in [6.45, 7) is 4.04. The SMILES string of the molecule is NCC(C1CCCN1)N1Cc2ccccc2C1. The molecule has 0 saturated carbocycles. The lowest BCUT2D eigenvalue weighted by Crippen LogP contribution is -2.49. The highest BCUT2D eigenvalue weighted by atomic mass is 15.2. The first-order valence-corrected chi connectivity index (χ1v) is 6.63. The molecule has 0 spiro atoms. The van der Waals surface area contributed by atoms with E-state index in [9.17, 15) is 0 Å². The van der Waals surface area contributed by atoms with Gasteiger partial charge in [0.15, 0.2) is 0 Å². The van der Waals surface area contributed by atoms with E-state index >= 15 is 0 Å². The van der Waals surface area contributed by atoms with Gasteiger partial charge in [-0.1, -0.05) is 24.3 Å². The summed E-state index contributed by atoms with van der Waals surface area (Å²) in [6, 6.07) is 9.83. The molecule has 3 heteroatoms. The third-order valence-electron chi connectivity index (χ3n) is 4.14. The van der Waals surface area contributed by atoms with E-state index in [1.54, 1.807) is 0 Å². The Morgan fingerprint density at radius 1 is 1.29 bits per heavy atom. The molecule has 3 rings (SSSR count). The number of hydrogen-bond acceptors (Lipinski definition) is 3. The molecule has 0 amide bonds. The van der Waals surface area contributed by atoms with Gasteiger partial charge in [-0.2, -0.15) is 0 Å². The Balaban J connectivity index is 1.73. The maximum Gasteiger partial charge on any atom is 0.0378 e. The number of hydrogen-bond donors (Lipinski definition) is 2. The summed E-state index contributed by atoms with van der Waals surface area (Å²) < 4.78 is 0. The molecule has 2 aliphatic rings. The average Bonchev–Trinajstić information content (AvgIpc) is 2.98. The van der Waals surface area contributed by atoms with Gasteiger partial charge in [0.2, 0.25) is 0 Å². The van der Waals surface area contributed by atoms with Crippen molar-refractivity contribution in [3.05, 3.63) is 35.4 Å². The topological polar surface area (TPSA) is 41.3 Å². The van der Waals surface area contributed by atoms with Crippen molar-refractivity contribution in [1.29, 1.82) is 0 Å². The molecule has 3 nitrogen and oxygen atoms in total. The molecule has 2 unspecified atom stereocenters. The van der Waals surface area contributed by atoms with Gasteiger partial charge in [0.1, 0.15) is 0 Å². The Bertz CT molecular complexity index is 360. The van der Waals surface area contributed by atoms with E-state index in [-0.39, 0.29) is 0 Å². The Morgan fingerprint density at radius 2 is 2.00 bits per heavy atom. The maximum absolute atomic E-state index is 5.99. The number of fused-ring (bicyclic) bond motifs is 1. The summed E-state index contributed by atoms with van der Waals surface area (Å²) in [6.07, 6.45) is 2.57. The molecule has 1 saturated heterocycles. The van der Waals surface area contributed by atoms with Crippen LogP contribution in [0.4, 0.5) is 0 Å². The van der Waals surface area contributed by atoms with Crippen molar-refractivity contribution < 1.29 is 0 Å². The van der Waals surface area contributed by atoms with Crippen LogP contribution in [0.1, 0.15) is 24.0 Å². The van der Waals surface area contributed by atoms with Gasteiger partial charge in [-0.05, 0) is 30.5 Å². The van der Waals surface area contributed by atoms with Crippen LogP contribution in [0.25, 0.3) is 0 Å². The Kier molecular flexibility index (Phi) is 3.14. The lowest BCUT2D eigenvalue weighted by atomic mass is 10.1. The molecule has 0 bridgehead atoms. The second-order valence-corrected chi connectivity index (χ2v) is 5.18. The highest BCUT2D eigenvalue weighted by Gasteiger charge is 2.31. The van der Waals surface area contributed by atoms with Crippen LogP contribution < -0.4 is 11.1 Å². The maximum atomic E-state index is 5.99. The molecule has 2 aliphatic heterocycles. The number of rotatable bonds is 3. The molecular formula is C14H21N3. The van der Waals surface area contributed by atoms with Crippen molar-refractivity contribution in [3.63, 3.8) is 0 Å². The van der Waals surface area contributed by atoms with Crippen LogP contribution in [-0.4, -0.2) is 30.1 Å². The summed E-state index contributed by atoms with van der Waals surface area (Å²) in [7, 11) is 0. The molecule has 17 heavy (non-hydrogen) atoms. The first-order chi connectivity index (χ1) is 8.38. The summed E-state index contributed by atoms with van der Waals surface area (Å²) in [5, 5.41) is 3.59. The minimum atomic E-state index is 0.491. The molecule has 2 heterocycles. The van der Waals surface area contributed by atoms with Gasteiger partial charge in [0, 0.05) is 31.7 Å². The fraction of sp³-hybridized carbons (Fsp3) is 0.571. The number of nitrogens with two attached hydrogens (primary N) is 1. The second kappa shape index (κ2) is 4.77. The monoisotopic (exact) mass is 231 g/mol. The van der Waals surface area contributed by atoms with E-state index in [1.165, 1.54) is 24.0 Å². The summed E-state index contributed by atoms with van der Waals surface area (Å²) in [5.74, 6) is 0. The Morgan fingerprint density at radius 3 is 2.53 bits per heavy atom. The van der Waals surface area contributed by atoms with E-state index in [1.807, 2.05) is 0 Å². The highest BCUT2D eigenvalue weighted by molar-refractivity contribution is 5.30. The van der Waals surface area contributed by atoms with Crippen molar-refractivity contribution in [2.45, 2.75) is 38.0 Å². The summed E-state index contributed by atoms with van der Waals surface area (Å²) >= 11 is 0. The van der Waals surface area contributed by atoms with Crippen LogP contribution in [0.2, 0.25) is 0 Å². The molecule has 1 fully saturated rings. The Labute approximate surface area is 103 Å². The van der Waals surface area contributed by atoms with Crippen LogP contribution >= 0.6 is 0 Å². The van der Waals surface area contributed by atoms with E-state index in [0.29, 0.717) is 12.1 Å². The zero-order valence-corrected chi connectivity index (χ0v) is 10.2. The molecule has 1 aromatic rings. The molecule has 2 atom stereocenters. The van der Waals surface area contributed by atoms with Crippen LogP contribution in [0.3, 0.4) is 0 Å². The van der Waals surface area contributed by atoms with Gasteiger partial charge in [0.25, 0.3) is 0 Å². The first-order valence-electron chi connectivity index (χ1n) is 6.63. The quantitative estimate of drug-likeness (QED) is 0.818. The van der Waals surface area contributed by atoms with Crippen molar-refractivity contribution in [2.75, 3.05) is 13.1 Å². The van der Waals surface area contributed by atoms with Crippen molar-refractivity contribution >= 4 is 0 Å². The Hall–Kier alpha value is -0.900. The predicted molar refractivity (Wildman–Crippen MR) is 69.6 cm³/mol.